The summed E-state index contributed by atoms with van der Waals surface area (Å²) in [5, 5.41) is 22.1. The van der Waals surface area contributed by atoms with Crippen LogP contribution in [0.2, 0.25) is 10.0 Å². The van der Waals surface area contributed by atoms with Gasteiger partial charge in [0, 0.05) is 23.2 Å². The van der Waals surface area contributed by atoms with E-state index in [1.807, 2.05) is 57.3 Å². The average Bonchev–Trinajstić information content (AvgIpc) is 2.65. The summed E-state index contributed by atoms with van der Waals surface area (Å²) in [6, 6.07) is 10.7. The van der Waals surface area contributed by atoms with Crippen LogP contribution < -0.4 is 0 Å². The maximum Gasteiger partial charge on any atom is 3.00 e. The van der Waals surface area contributed by atoms with Crippen LogP contribution in [-0.4, -0.2) is 40.0 Å². The molecule has 4 nitrogen and oxygen atoms in total. The molecule has 0 atom stereocenters. The first-order chi connectivity index (χ1) is 12.4. The molecule has 0 aliphatic carbocycles. The second-order valence-corrected chi connectivity index (χ2v) is 8.32. The monoisotopic (exact) mass is 677 g/mol. The van der Waals surface area contributed by atoms with Crippen LogP contribution in [0.4, 0.5) is 0 Å². The van der Waals surface area contributed by atoms with Crippen LogP contribution in [0.25, 0.3) is 21.8 Å². The van der Waals surface area contributed by atoms with E-state index in [1.165, 1.54) is 0 Å². The summed E-state index contributed by atoms with van der Waals surface area (Å²) in [5.41, 5.74) is 1.11. The molecule has 0 aliphatic heterocycles. The summed E-state index contributed by atoms with van der Waals surface area (Å²) in [5.74, 6) is 0.390. The van der Waals surface area contributed by atoms with E-state index in [0.29, 0.717) is 28.2 Å². The van der Waals surface area contributed by atoms with Crippen LogP contribution >= 0.6 is 68.4 Å². The van der Waals surface area contributed by atoms with Crippen molar-refractivity contribution in [3.05, 3.63) is 66.0 Å². The number of rotatable bonds is 0. The third-order valence-electron chi connectivity index (χ3n) is 3.54. The van der Waals surface area contributed by atoms with Gasteiger partial charge >= 0.3 is 19.8 Å². The molecule has 0 unspecified atom stereocenters. The number of phenols is 2. The molecule has 0 spiro atoms. The van der Waals surface area contributed by atoms with Gasteiger partial charge < -0.3 is 10.2 Å². The summed E-state index contributed by atoms with van der Waals surface area (Å²) in [6.07, 6.45) is 3.27. The van der Waals surface area contributed by atoms with E-state index in [0.717, 1.165) is 10.8 Å². The smallest absolute Gasteiger partial charge is 0.505 e. The molecule has 0 aliphatic rings. The number of halogens is 4. The molecule has 4 rings (SSSR count). The van der Waals surface area contributed by atoms with Gasteiger partial charge in [-0.2, -0.15) is 0 Å². The number of aromatic hydroxyl groups is 2. The Balaban J connectivity index is 0.000000187. The first-order valence-corrected chi connectivity index (χ1v) is 10.1. The van der Waals surface area contributed by atoms with E-state index < -0.39 is 0 Å². The quantitative estimate of drug-likeness (QED) is 0.177. The van der Waals surface area contributed by atoms with Gasteiger partial charge in [-0.1, -0.05) is 23.2 Å². The number of nitrogens with zero attached hydrogens (tertiary/aromatic N) is 2. The van der Waals surface area contributed by atoms with Crippen molar-refractivity contribution in [3.8, 4) is 11.5 Å². The molecule has 2 aromatic carbocycles. The topological polar surface area (TPSA) is 66.2 Å². The zero-order valence-corrected chi connectivity index (χ0v) is 21.7. The molecular formula is C18H10Cl2GaI2N2O2+3. The summed E-state index contributed by atoms with van der Waals surface area (Å²) < 4.78 is 1.43. The van der Waals surface area contributed by atoms with Gasteiger partial charge in [-0.3, -0.25) is 9.97 Å². The fourth-order valence-corrected chi connectivity index (χ4v) is 4.34. The molecule has 0 radical (unpaired) electrons. The second kappa shape index (κ2) is 9.84. The van der Waals surface area contributed by atoms with Gasteiger partial charge in [0.05, 0.1) is 17.2 Å². The Hall–Kier alpha value is -0.464. The molecule has 9 heteroatoms. The van der Waals surface area contributed by atoms with Gasteiger partial charge in [-0.25, -0.2) is 0 Å². The van der Waals surface area contributed by atoms with Crippen LogP contribution in [0.5, 0.6) is 11.5 Å². The Kier molecular flexibility index (Phi) is 8.31. The van der Waals surface area contributed by atoms with Gasteiger partial charge in [0.1, 0.15) is 11.0 Å². The minimum Gasteiger partial charge on any atom is -0.505 e. The molecule has 27 heavy (non-hydrogen) atoms. The predicted molar refractivity (Wildman–Crippen MR) is 128 cm³/mol. The van der Waals surface area contributed by atoms with Gasteiger partial charge in [-0.05, 0) is 81.6 Å². The fourth-order valence-electron chi connectivity index (χ4n) is 2.31. The minimum absolute atomic E-state index is 0. The number of aromatic nitrogens is 2. The zero-order valence-electron chi connectivity index (χ0n) is 13.5. The zero-order chi connectivity index (χ0) is 18.8. The van der Waals surface area contributed by atoms with Gasteiger partial charge in [0.25, 0.3) is 0 Å². The third-order valence-corrected chi connectivity index (χ3v) is 5.81. The van der Waals surface area contributed by atoms with Crippen LogP contribution in [0.1, 0.15) is 0 Å². The van der Waals surface area contributed by atoms with Crippen molar-refractivity contribution in [2.45, 2.75) is 0 Å². The Morgan fingerprint density at radius 3 is 1.48 bits per heavy atom. The molecule has 132 valence electrons. The molecule has 2 aromatic heterocycles. The van der Waals surface area contributed by atoms with Crippen molar-refractivity contribution in [1.82, 2.24) is 9.97 Å². The van der Waals surface area contributed by atoms with Crippen molar-refractivity contribution in [2.75, 3.05) is 0 Å². The van der Waals surface area contributed by atoms with Gasteiger partial charge in [0.2, 0.25) is 0 Å². The summed E-state index contributed by atoms with van der Waals surface area (Å²) in [6.45, 7) is 0. The molecule has 0 amide bonds. The van der Waals surface area contributed by atoms with Crippen LogP contribution in [0, 0.1) is 7.14 Å². The van der Waals surface area contributed by atoms with Crippen LogP contribution in [0.3, 0.4) is 0 Å². The average molecular weight is 678 g/mol. The van der Waals surface area contributed by atoms with Crippen LogP contribution in [0.15, 0.2) is 48.8 Å². The Labute approximate surface area is 205 Å². The van der Waals surface area contributed by atoms with E-state index in [2.05, 4.69) is 9.97 Å². The molecule has 0 saturated carbocycles. The van der Waals surface area contributed by atoms with E-state index in [4.69, 9.17) is 23.2 Å². The maximum absolute atomic E-state index is 9.65. The molecule has 0 saturated heterocycles. The number of phenolic OH excluding ortho intramolecular Hbond substituents is 2. The Bertz CT molecular complexity index is 1040. The number of hydrogen-bond acceptors (Lipinski definition) is 4. The largest absolute Gasteiger partial charge is 3.00 e. The first-order valence-electron chi connectivity index (χ1n) is 7.23. The summed E-state index contributed by atoms with van der Waals surface area (Å²) in [4.78, 5) is 8.13. The van der Waals surface area contributed by atoms with Crippen molar-refractivity contribution in [2.24, 2.45) is 0 Å². The number of hydrogen-bond donors (Lipinski definition) is 2. The third kappa shape index (κ3) is 4.94. The summed E-state index contributed by atoms with van der Waals surface area (Å²) >= 11 is 16.0. The van der Waals surface area contributed by atoms with Gasteiger partial charge in [-0.15, -0.1) is 0 Å². The molecule has 0 bridgehead atoms. The number of fused-ring (bicyclic) bond motifs is 2. The maximum atomic E-state index is 9.65. The number of benzene rings is 2. The normalized spacial score (nSPS) is 10.2. The molecule has 2 heterocycles. The Morgan fingerprint density at radius 2 is 1.11 bits per heavy atom. The van der Waals surface area contributed by atoms with E-state index >= 15 is 0 Å². The fraction of sp³-hybridized carbons (Fsp3) is 0. The van der Waals surface area contributed by atoms with E-state index in [9.17, 15) is 10.2 Å². The molecule has 0 fully saturated rings. The second-order valence-electron chi connectivity index (χ2n) is 5.18. The van der Waals surface area contributed by atoms with Crippen molar-refractivity contribution < 1.29 is 10.2 Å². The first kappa shape index (κ1) is 22.8. The van der Waals surface area contributed by atoms with Crippen LogP contribution in [-0.2, 0) is 0 Å². The predicted octanol–water partition coefficient (Wildman–Crippen LogP) is 6.02. The minimum atomic E-state index is 0. The van der Waals surface area contributed by atoms with Gasteiger partial charge in [0.15, 0.2) is 11.5 Å². The molecule has 4 aromatic rings. The molecular weight excluding hydrogens is 668 g/mol. The molecule has 2 N–H and O–H groups in total. The van der Waals surface area contributed by atoms with E-state index in [-0.39, 0.29) is 31.3 Å². The standard InChI is InChI=1S/2C9H5ClINO.Ga/c2*10-6-4-7(11)9(13)8-5(6)2-1-3-12-8;/h2*1-4,13H;/q;;+3/i;;1-3. The van der Waals surface area contributed by atoms with E-state index in [1.54, 1.807) is 36.7 Å². The SMILES string of the molecule is Oc1c(I)cc(Cl)c2cccnc12.Oc1c(I)cc(Cl)c2cccnc12.[67Ga+3]. The Morgan fingerprint density at radius 1 is 0.741 bits per heavy atom. The van der Waals surface area contributed by atoms with Crippen molar-refractivity contribution >= 4 is 110 Å². The van der Waals surface area contributed by atoms with Crippen molar-refractivity contribution in [3.63, 3.8) is 0 Å². The summed E-state index contributed by atoms with van der Waals surface area (Å²) in [7, 11) is 0. The number of pyridine rings is 2. The van der Waals surface area contributed by atoms with Crippen molar-refractivity contribution in [1.29, 1.82) is 0 Å².